The van der Waals surface area contributed by atoms with E-state index < -0.39 is 0 Å². The lowest BCUT2D eigenvalue weighted by atomic mass is 9.90. The summed E-state index contributed by atoms with van der Waals surface area (Å²) in [4.78, 5) is 1.62. The molecule has 1 saturated heterocycles. The molecule has 1 aliphatic heterocycles. The molecule has 5 heteroatoms. The van der Waals surface area contributed by atoms with Crippen LogP contribution in [0.5, 0.6) is 0 Å². The molecular weight excluding hydrogens is 316 g/mol. The third-order valence-electron chi connectivity index (χ3n) is 5.57. The minimum atomic E-state index is 0.657. The Balaban J connectivity index is 1.33. The van der Waals surface area contributed by atoms with E-state index in [4.69, 9.17) is 17.3 Å². The van der Waals surface area contributed by atoms with Gasteiger partial charge in [-0.25, -0.2) is 0 Å². The van der Waals surface area contributed by atoms with Crippen LogP contribution in [0, 0.1) is 10.7 Å². The zero-order valence-electron chi connectivity index (χ0n) is 14.4. The molecule has 128 valence electrons. The second kappa shape index (κ2) is 6.81. The van der Waals surface area contributed by atoms with Crippen molar-refractivity contribution in [2.45, 2.75) is 44.7 Å². The third-order valence-corrected chi connectivity index (χ3v) is 6.05. The van der Waals surface area contributed by atoms with E-state index in [9.17, 15) is 0 Å². The molecule has 2 aliphatic rings. The van der Waals surface area contributed by atoms with Gasteiger partial charge in [0.2, 0.25) is 4.77 Å². The van der Waals surface area contributed by atoms with Gasteiger partial charge in [-0.3, -0.25) is 0 Å². The molecule has 1 aromatic heterocycles. The van der Waals surface area contributed by atoms with E-state index in [1.54, 1.807) is 4.90 Å². The van der Waals surface area contributed by atoms with E-state index in [-0.39, 0.29) is 0 Å². The average molecular weight is 344 g/mol. The maximum atomic E-state index is 5.59. The lowest BCUT2D eigenvalue weighted by Crippen LogP contribution is -3.12. The van der Waals surface area contributed by atoms with Crippen molar-refractivity contribution in [1.82, 2.24) is 14.3 Å². The minimum Gasteiger partial charge on any atom is -0.316 e. The largest absolute Gasteiger partial charge is 0.316 e. The molecule has 2 aromatic rings. The van der Waals surface area contributed by atoms with Crippen LogP contribution in [0.15, 0.2) is 30.3 Å². The maximum absolute atomic E-state index is 5.59. The van der Waals surface area contributed by atoms with E-state index in [0.717, 1.165) is 17.4 Å². The molecule has 0 spiro atoms. The van der Waals surface area contributed by atoms with Gasteiger partial charge in [-0.2, -0.15) is 9.78 Å². The molecule has 1 N–H and O–H groups in total. The summed E-state index contributed by atoms with van der Waals surface area (Å²) in [5, 5.41) is 4.81. The standard InChI is InChI=1S/C19H26N4S/c1-21-18(17-7-8-17)20-23(19(21)24)14-22-11-9-16(10-12-22)13-15-5-3-2-4-6-15/h2-6,16-17H,7-14H2,1H3/p+1. The second-order valence-corrected chi connectivity index (χ2v) is 7.88. The highest BCUT2D eigenvalue weighted by atomic mass is 32.1. The topological polar surface area (TPSA) is 27.2 Å². The molecule has 0 unspecified atom stereocenters. The van der Waals surface area contributed by atoms with Crippen molar-refractivity contribution in [3.8, 4) is 0 Å². The predicted molar refractivity (Wildman–Crippen MR) is 97.6 cm³/mol. The van der Waals surface area contributed by atoms with Gasteiger partial charge in [0.1, 0.15) is 5.82 Å². The van der Waals surface area contributed by atoms with Crippen LogP contribution in [0.4, 0.5) is 0 Å². The highest BCUT2D eigenvalue weighted by Crippen LogP contribution is 2.38. The molecule has 4 rings (SSSR count). The number of hydrogen-bond acceptors (Lipinski definition) is 2. The Kier molecular flexibility index (Phi) is 4.55. The van der Waals surface area contributed by atoms with Crippen molar-refractivity contribution in [3.63, 3.8) is 0 Å². The smallest absolute Gasteiger partial charge is 0.202 e. The van der Waals surface area contributed by atoms with Crippen molar-refractivity contribution in [3.05, 3.63) is 46.5 Å². The van der Waals surface area contributed by atoms with Crippen LogP contribution < -0.4 is 4.90 Å². The van der Waals surface area contributed by atoms with Gasteiger partial charge in [0.05, 0.1) is 13.1 Å². The summed E-state index contributed by atoms with van der Waals surface area (Å²) in [7, 11) is 2.07. The summed E-state index contributed by atoms with van der Waals surface area (Å²) < 4.78 is 5.07. The first-order valence-electron chi connectivity index (χ1n) is 9.22. The van der Waals surface area contributed by atoms with E-state index in [0.29, 0.717) is 5.92 Å². The van der Waals surface area contributed by atoms with Gasteiger partial charge in [-0.15, -0.1) is 0 Å². The number of rotatable bonds is 5. The molecule has 0 atom stereocenters. The second-order valence-electron chi connectivity index (χ2n) is 7.51. The first kappa shape index (κ1) is 16.0. The molecule has 0 bridgehead atoms. The maximum Gasteiger partial charge on any atom is 0.202 e. The SMILES string of the molecule is Cn1c(C2CC2)nn(C[NH+]2CCC(Cc3ccccc3)CC2)c1=S. The van der Waals surface area contributed by atoms with E-state index in [1.807, 2.05) is 0 Å². The number of likely N-dealkylation sites (tertiary alicyclic amines) is 1. The minimum absolute atomic E-state index is 0.657. The number of nitrogens with one attached hydrogen (secondary N) is 1. The first-order valence-corrected chi connectivity index (χ1v) is 9.63. The zero-order chi connectivity index (χ0) is 16.5. The number of hydrogen-bond donors (Lipinski definition) is 1. The van der Waals surface area contributed by atoms with Gasteiger partial charge in [-0.05, 0) is 55.8 Å². The van der Waals surface area contributed by atoms with Crippen molar-refractivity contribution >= 4 is 12.2 Å². The fourth-order valence-corrected chi connectivity index (χ4v) is 4.11. The Hall–Kier alpha value is -1.46. The molecule has 4 nitrogen and oxygen atoms in total. The van der Waals surface area contributed by atoms with Gasteiger partial charge in [0.15, 0.2) is 6.67 Å². The predicted octanol–water partition coefficient (Wildman–Crippen LogP) is 2.32. The summed E-state index contributed by atoms with van der Waals surface area (Å²) in [5.74, 6) is 2.68. The Labute approximate surface area is 149 Å². The fourth-order valence-electron chi connectivity index (χ4n) is 3.91. The highest BCUT2D eigenvalue weighted by molar-refractivity contribution is 7.71. The van der Waals surface area contributed by atoms with Crippen LogP contribution in [-0.4, -0.2) is 27.4 Å². The zero-order valence-corrected chi connectivity index (χ0v) is 15.3. The average Bonchev–Trinajstić information content (AvgIpc) is 3.41. The number of piperidine rings is 1. The normalized spacial score (nSPS) is 24.2. The van der Waals surface area contributed by atoms with Crippen LogP contribution in [0.25, 0.3) is 0 Å². The summed E-state index contributed by atoms with van der Waals surface area (Å²) in [6, 6.07) is 10.9. The van der Waals surface area contributed by atoms with Gasteiger partial charge in [0.25, 0.3) is 0 Å². The van der Waals surface area contributed by atoms with Crippen molar-refractivity contribution in [2.24, 2.45) is 13.0 Å². The summed E-state index contributed by atoms with van der Waals surface area (Å²) in [5.41, 5.74) is 1.48. The Morgan fingerprint density at radius 1 is 1.12 bits per heavy atom. The van der Waals surface area contributed by atoms with Gasteiger partial charge in [0, 0.05) is 13.0 Å². The number of quaternary nitrogens is 1. The van der Waals surface area contributed by atoms with Gasteiger partial charge in [-0.1, -0.05) is 30.3 Å². The van der Waals surface area contributed by atoms with Crippen LogP contribution in [0.2, 0.25) is 0 Å². The lowest BCUT2D eigenvalue weighted by molar-refractivity contribution is -0.929. The molecule has 2 fully saturated rings. The number of nitrogens with zero attached hydrogens (tertiary/aromatic N) is 3. The van der Waals surface area contributed by atoms with E-state index >= 15 is 0 Å². The Morgan fingerprint density at radius 2 is 1.83 bits per heavy atom. The van der Waals surface area contributed by atoms with E-state index in [2.05, 4.69) is 46.6 Å². The summed E-state index contributed by atoms with van der Waals surface area (Å²) in [6.07, 6.45) is 6.39. The molecular formula is C19H27N4S+. The molecule has 24 heavy (non-hydrogen) atoms. The fraction of sp³-hybridized carbons (Fsp3) is 0.579. The number of aromatic nitrogens is 3. The van der Waals surface area contributed by atoms with Crippen molar-refractivity contribution in [1.29, 1.82) is 0 Å². The molecule has 1 aliphatic carbocycles. The van der Waals surface area contributed by atoms with Gasteiger partial charge >= 0.3 is 0 Å². The summed E-state index contributed by atoms with van der Waals surface area (Å²) >= 11 is 5.59. The monoisotopic (exact) mass is 343 g/mol. The molecule has 2 heterocycles. The van der Waals surface area contributed by atoms with Gasteiger partial charge < -0.3 is 9.47 Å². The molecule has 0 amide bonds. The number of benzene rings is 1. The first-order chi connectivity index (χ1) is 11.7. The highest BCUT2D eigenvalue weighted by Gasteiger charge is 2.30. The lowest BCUT2D eigenvalue weighted by Gasteiger charge is -2.29. The summed E-state index contributed by atoms with van der Waals surface area (Å²) in [6.45, 7) is 3.39. The van der Waals surface area contributed by atoms with Crippen LogP contribution in [0.1, 0.15) is 43.0 Å². The molecule has 1 aromatic carbocycles. The quantitative estimate of drug-likeness (QED) is 0.844. The van der Waals surface area contributed by atoms with Crippen LogP contribution in [0.3, 0.4) is 0 Å². The Morgan fingerprint density at radius 3 is 2.50 bits per heavy atom. The molecule has 1 saturated carbocycles. The van der Waals surface area contributed by atoms with Crippen molar-refractivity contribution < 1.29 is 4.90 Å². The molecule has 0 radical (unpaired) electrons. The van der Waals surface area contributed by atoms with Crippen molar-refractivity contribution in [2.75, 3.05) is 13.1 Å². The van der Waals surface area contributed by atoms with Crippen LogP contribution in [-0.2, 0) is 20.1 Å². The van der Waals surface area contributed by atoms with Crippen LogP contribution >= 0.6 is 12.2 Å². The third kappa shape index (κ3) is 3.47. The Bertz CT molecular complexity index is 736. The van der Waals surface area contributed by atoms with E-state index in [1.165, 1.54) is 56.6 Å².